The molecule has 8 heteroatoms. The highest BCUT2D eigenvalue weighted by molar-refractivity contribution is 8.26. The molecule has 2 amide bonds. The van der Waals surface area contributed by atoms with E-state index in [0.717, 1.165) is 16.1 Å². The van der Waals surface area contributed by atoms with Gasteiger partial charge < -0.3 is 15.0 Å². The Morgan fingerprint density at radius 3 is 2.86 bits per heavy atom. The first-order chi connectivity index (χ1) is 13.6. The number of amides is 2. The van der Waals surface area contributed by atoms with E-state index in [1.165, 1.54) is 23.5 Å². The van der Waals surface area contributed by atoms with E-state index < -0.39 is 0 Å². The van der Waals surface area contributed by atoms with E-state index in [0.29, 0.717) is 33.9 Å². The fraction of sp³-hybridized carbons (Fsp3) is 0.150. The van der Waals surface area contributed by atoms with Crippen molar-refractivity contribution in [2.45, 2.75) is 4.90 Å². The minimum absolute atomic E-state index is 0.0253. The van der Waals surface area contributed by atoms with Gasteiger partial charge in [-0.25, -0.2) is 0 Å². The number of benzene rings is 2. The van der Waals surface area contributed by atoms with Gasteiger partial charge in [0.15, 0.2) is 0 Å². The lowest BCUT2D eigenvalue weighted by Crippen LogP contribution is -2.39. The standard InChI is InChI=1S/C20H16N2O3S3/c23-18(12-27-14-4-2-1-3-5-14)22-8-9-25-16-7-6-13(10-15(16)22)11-17-19(24)21-20(26)28-17/h1-7,10-11H,8-9,12H2,(H,21,24,26). The molecule has 2 aliphatic rings. The number of nitrogens with zero attached hydrogens (tertiary/aromatic N) is 1. The highest BCUT2D eigenvalue weighted by Crippen LogP contribution is 2.35. The van der Waals surface area contributed by atoms with Crippen LogP contribution in [0, 0.1) is 0 Å². The average Bonchev–Trinajstić information content (AvgIpc) is 3.03. The molecule has 1 saturated heterocycles. The second kappa shape index (κ2) is 8.38. The van der Waals surface area contributed by atoms with Gasteiger partial charge in [-0.3, -0.25) is 9.59 Å². The van der Waals surface area contributed by atoms with Crippen molar-refractivity contribution in [2.75, 3.05) is 23.8 Å². The molecular weight excluding hydrogens is 412 g/mol. The molecule has 2 aromatic rings. The zero-order valence-electron chi connectivity index (χ0n) is 14.7. The summed E-state index contributed by atoms with van der Waals surface area (Å²) in [5.74, 6) is 0.848. The lowest BCUT2D eigenvalue weighted by Gasteiger charge is -2.29. The van der Waals surface area contributed by atoms with Crippen molar-refractivity contribution >= 4 is 63.6 Å². The van der Waals surface area contributed by atoms with Crippen LogP contribution in [-0.2, 0) is 9.59 Å². The van der Waals surface area contributed by atoms with Gasteiger partial charge in [-0.2, -0.15) is 0 Å². The van der Waals surface area contributed by atoms with E-state index in [1.54, 1.807) is 11.0 Å². The number of hydrogen-bond donors (Lipinski definition) is 1. The molecular formula is C20H16N2O3S3. The molecule has 0 bridgehead atoms. The summed E-state index contributed by atoms with van der Waals surface area (Å²) in [4.78, 5) is 28.1. The van der Waals surface area contributed by atoms with Gasteiger partial charge in [-0.1, -0.05) is 48.2 Å². The highest BCUT2D eigenvalue weighted by atomic mass is 32.2. The smallest absolute Gasteiger partial charge is 0.263 e. The number of nitrogens with one attached hydrogen (secondary N) is 1. The van der Waals surface area contributed by atoms with Gasteiger partial charge in [0, 0.05) is 4.90 Å². The number of anilines is 1. The Morgan fingerprint density at radius 2 is 2.11 bits per heavy atom. The van der Waals surface area contributed by atoms with E-state index >= 15 is 0 Å². The van der Waals surface area contributed by atoms with Crippen LogP contribution in [0.25, 0.3) is 6.08 Å². The zero-order valence-corrected chi connectivity index (χ0v) is 17.2. The molecule has 4 rings (SSSR count). The lowest BCUT2D eigenvalue weighted by molar-refractivity contribution is -0.116. The highest BCUT2D eigenvalue weighted by Gasteiger charge is 2.25. The molecule has 0 aliphatic carbocycles. The van der Waals surface area contributed by atoms with Gasteiger partial charge in [-0.05, 0) is 35.9 Å². The predicted octanol–water partition coefficient (Wildman–Crippen LogP) is 3.69. The summed E-state index contributed by atoms with van der Waals surface area (Å²) in [5.41, 5.74) is 1.55. The van der Waals surface area contributed by atoms with Crippen LogP contribution in [0.15, 0.2) is 58.3 Å². The normalized spacial score (nSPS) is 17.3. The van der Waals surface area contributed by atoms with Crippen LogP contribution in [0.2, 0.25) is 0 Å². The van der Waals surface area contributed by atoms with Crippen LogP contribution in [-0.4, -0.2) is 35.0 Å². The minimum atomic E-state index is -0.198. The summed E-state index contributed by atoms with van der Waals surface area (Å²) >= 11 is 7.77. The zero-order chi connectivity index (χ0) is 19.5. The molecule has 0 spiro atoms. The monoisotopic (exact) mass is 428 g/mol. The fourth-order valence-electron chi connectivity index (χ4n) is 2.90. The summed E-state index contributed by atoms with van der Waals surface area (Å²) in [5, 5.41) is 2.60. The number of rotatable bonds is 4. The number of carbonyl (C=O) groups excluding carboxylic acids is 2. The van der Waals surface area contributed by atoms with Crippen LogP contribution in [0.5, 0.6) is 5.75 Å². The SMILES string of the molecule is O=C1NC(=S)SC1=Cc1ccc2c(c1)N(C(=O)CSc1ccccc1)CCO2. The van der Waals surface area contributed by atoms with Crippen molar-refractivity contribution in [1.29, 1.82) is 0 Å². The third-order valence-corrected chi connectivity index (χ3v) is 6.35. The van der Waals surface area contributed by atoms with Gasteiger partial charge in [0.2, 0.25) is 5.91 Å². The van der Waals surface area contributed by atoms with Crippen LogP contribution in [0.1, 0.15) is 5.56 Å². The molecule has 5 nitrogen and oxygen atoms in total. The van der Waals surface area contributed by atoms with Crippen molar-refractivity contribution < 1.29 is 14.3 Å². The van der Waals surface area contributed by atoms with Crippen molar-refractivity contribution in [3.8, 4) is 5.75 Å². The second-order valence-electron chi connectivity index (χ2n) is 6.07. The van der Waals surface area contributed by atoms with Gasteiger partial charge in [0.1, 0.15) is 16.7 Å². The summed E-state index contributed by atoms with van der Waals surface area (Å²) < 4.78 is 6.15. The molecule has 2 aliphatic heterocycles. The molecule has 0 atom stereocenters. The van der Waals surface area contributed by atoms with Crippen LogP contribution < -0.4 is 15.0 Å². The third kappa shape index (κ3) is 4.24. The number of ether oxygens (including phenoxy) is 1. The maximum atomic E-state index is 12.8. The second-order valence-corrected chi connectivity index (χ2v) is 8.84. The van der Waals surface area contributed by atoms with E-state index in [4.69, 9.17) is 17.0 Å². The van der Waals surface area contributed by atoms with Crippen LogP contribution in [0.3, 0.4) is 0 Å². The molecule has 0 unspecified atom stereocenters. The maximum Gasteiger partial charge on any atom is 0.263 e. The molecule has 2 aromatic carbocycles. The van der Waals surface area contributed by atoms with Crippen molar-refractivity contribution in [2.24, 2.45) is 0 Å². The predicted molar refractivity (Wildman–Crippen MR) is 118 cm³/mol. The van der Waals surface area contributed by atoms with Gasteiger partial charge in [0.05, 0.1) is 22.9 Å². The Labute approximate surface area is 176 Å². The Bertz CT molecular complexity index is 976. The number of carbonyl (C=O) groups is 2. The van der Waals surface area contributed by atoms with Crippen LogP contribution in [0.4, 0.5) is 5.69 Å². The molecule has 1 N–H and O–H groups in total. The summed E-state index contributed by atoms with van der Waals surface area (Å²) in [6, 6.07) is 15.4. The largest absolute Gasteiger partial charge is 0.490 e. The first-order valence-electron chi connectivity index (χ1n) is 8.60. The van der Waals surface area contributed by atoms with Gasteiger partial charge in [0.25, 0.3) is 5.91 Å². The molecule has 28 heavy (non-hydrogen) atoms. The third-order valence-electron chi connectivity index (χ3n) is 4.19. The number of thioether (sulfide) groups is 2. The number of fused-ring (bicyclic) bond motifs is 1. The first-order valence-corrected chi connectivity index (χ1v) is 10.8. The maximum absolute atomic E-state index is 12.8. The van der Waals surface area contributed by atoms with E-state index in [1.807, 2.05) is 48.5 Å². The summed E-state index contributed by atoms with van der Waals surface area (Å²) in [6.07, 6.45) is 1.77. The molecule has 0 saturated carbocycles. The van der Waals surface area contributed by atoms with E-state index in [2.05, 4.69) is 5.32 Å². The van der Waals surface area contributed by atoms with E-state index in [9.17, 15) is 9.59 Å². The first kappa shape index (κ1) is 19.0. The lowest BCUT2D eigenvalue weighted by atomic mass is 10.1. The number of thiocarbonyl (C=S) groups is 1. The topological polar surface area (TPSA) is 58.6 Å². The quantitative estimate of drug-likeness (QED) is 0.455. The van der Waals surface area contributed by atoms with Gasteiger partial charge >= 0.3 is 0 Å². The minimum Gasteiger partial charge on any atom is -0.490 e. The molecule has 1 fully saturated rings. The Kier molecular flexibility index (Phi) is 5.70. The van der Waals surface area contributed by atoms with Crippen molar-refractivity contribution in [1.82, 2.24) is 5.32 Å². The number of hydrogen-bond acceptors (Lipinski definition) is 6. The Balaban J connectivity index is 1.54. The molecule has 0 radical (unpaired) electrons. The van der Waals surface area contributed by atoms with Crippen molar-refractivity contribution in [3.05, 3.63) is 59.0 Å². The Hall–Kier alpha value is -2.29. The summed E-state index contributed by atoms with van der Waals surface area (Å²) in [6.45, 7) is 0.961. The fourth-order valence-corrected chi connectivity index (χ4v) is 4.74. The average molecular weight is 429 g/mol. The molecule has 142 valence electrons. The molecule has 0 aromatic heterocycles. The van der Waals surface area contributed by atoms with Crippen molar-refractivity contribution in [3.63, 3.8) is 0 Å². The van der Waals surface area contributed by atoms with E-state index in [-0.39, 0.29) is 11.8 Å². The molecule has 2 heterocycles. The summed E-state index contributed by atoms with van der Waals surface area (Å²) in [7, 11) is 0. The van der Waals surface area contributed by atoms with Crippen LogP contribution >= 0.6 is 35.7 Å². The Morgan fingerprint density at radius 1 is 1.29 bits per heavy atom. The van der Waals surface area contributed by atoms with Gasteiger partial charge in [-0.15, -0.1) is 11.8 Å².